The third-order valence-corrected chi connectivity index (χ3v) is 4.82. The molecule has 0 bridgehead atoms. The summed E-state index contributed by atoms with van der Waals surface area (Å²) < 4.78 is 5.45. The van der Waals surface area contributed by atoms with Crippen LogP contribution in [0.2, 0.25) is 0 Å². The van der Waals surface area contributed by atoms with E-state index in [-0.39, 0.29) is 11.9 Å². The van der Waals surface area contributed by atoms with Crippen molar-refractivity contribution in [1.29, 1.82) is 0 Å². The zero-order chi connectivity index (χ0) is 14.8. The van der Waals surface area contributed by atoms with Gasteiger partial charge in [0.2, 0.25) is 5.91 Å². The van der Waals surface area contributed by atoms with E-state index in [1.807, 2.05) is 21.0 Å². The van der Waals surface area contributed by atoms with E-state index in [4.69, 9.17) is 10.5 Å². The van der Waals surface area contributed by atoms with Crippen LogP contribution in [0.1, 0.15) is 32.6 Å². The molecule has 5 heteroatoms. The van der Waals surface area contributed by atoms with Gasteiger partial charge >= 0.3 is 0 Å². The summed E-state index contributed by atoms with van der Waals surface area (Å²) in [5, 5.41) is 0. The maximum absolute atomic E-state index is 13.0. The second-order valence-corrected chi connectivity index (χ2v) is 6.78. The molecule has 0 aromatic carbocycles. The number of rotatable bonds is 5. The largest absolute Gasteiger partial charge is 0.379 e. The Kier molecular flexibility index (Phi) is 5.04. The molecule has 116 valence electrons. The molecule has 2 N–H and O–H groups in total. The predicted octanol–water partition coefficient (Wildman–Crippen LogP) is 0.683. The van der Waals surface area contributed by atoms with Gasteiger partial charge in [0.25, 0.3) is 0 Å². The first-order valence-electron chi connectivity index (χ1n) is 7.74. The first-order valence-corrected chi connectivity index (χ1v) is 7.74. The van der Waals surface area contributed by atoms with Gasteiger partial charge in [0.15, 0.2) is 0 Å². The van der Waals surface area contributed by atoms with Crippen LogP contribution in [0.5, 0.6) is 0 Å². The van der Waals surface area contributed by atoms with Gasteiger partial charge in [0.1, 0.15) is 0 Å². The molecule has 2 unspecified atom stereocenters. The monoisotopic (exact) mass is 283 g/mol. The highest BCUT2D eigenvalue weighted by atomic mass is 16.5. The molecule has 0 radical (unpaired) electrons. The van der Waals surface area contributed by atoms with E-state index < -0.39 is 5.41 Å². The summed E-state index contributed by atoms with van der Waals surface area (Å²) in [5.74, 6) is 0.191. The smallest absolute Gasteiger partial charge is 0.232 e. The molecule has 1 aliphatic carbocycles. The van der Waals surface area contributed by atoms with E-state index in [0.717, 1.165) is 25.9 Å². The van der Waals surface area contributed by atoms with E-state index in [2.05, 4.69) is 9.80 Å². The lowest BCUT2D eigenvalue weighted by molar-refractivity contribution is -0.144. The highest BCUT2D eigenvalue weighted by Gasteiger charge is 2.47. The third-order valence-electron chi connectivity index (χ3n) is 4.82. The van der Waals surface area contributed by atoms with Crippen molar-refractivity contribution in [2.75, 3.05) is 40.4 Å². The van der Waals surface area contributed by atoms with Crippen LogP contribution in [0.25, 0.3) is 0 Å². The average molecular weight is 283 g/mol. The lowest BCUT2D eigenvalue weighted by Gasteiger charge is -2.37. The minimum Gasteiger partial charge on any atom is -0.379 e. The van der Waals surface area contributed by atoms with Gasteiger partial charge < -0.3 is 20.3 Å². The van der Waals surface area contributed by atoms with Crippen LogP contribution in [-0.4, -0.2) is 68.2 Å². The maximum Gasteiger partial charge on any atom is 0.232 e. The third kappa shape index (κ3) is 3.15. The molecule has 2 fully saturated rings. The molecular weight excluding hydrogens is 254 g/mol. The highest BCUT2D eigenvalue weighted by molar-refractivity contribution is 5.84. The van der Waals surface area contributed by atoms with Gasteiger partial charge in [-0.3, -0.25) is 4.79 Å². The van der Waals surface area contributed by atoms with Gasteiger partial charge in [-0.1, -0.05) is 12.8 Å². The summed E-state index contributed by atoms with van der Waals surface area (Å²) in [4.78, 5) is 17.2. The summed E-state index contributed by atoms with van der Waals surface area (Å²) in [6.07, 6.45) is 4.72. The first-order chi connectivity index (χ1) is 9.45. The van der Waals surface area contributed by atoms with E-state index in [9.17, 15) is 4.79 Å². The molecule has 0 aromatic rings. The topological polar surface area (TPSA) is 58.8 Å². The van der Waals surface area contributed by atoms with Crippen molar-refractivity contribution >= 4 is 5.91 Å². The number of carbonyl (C=O) groups is 1. The van der Waals surface area contributed by atoms with Crippen LogP contribution in [-0.2, 0) is 9.53 Å². The van der Waals surface area contributed by atoms with E-state index in [1.54, 1.807) is 0 Å². The number of hydrogen-bond acceptors (Lipinski definition) is 4. The first kappa shape index (κ1) is 15.7. The minimum atomic E-state index is -0.547. The number of amides is 1. The second kappa shape index (κ2) is 6.41. The molecule has 2 aliphatic rings. The minimum absolute atomic E-state index is 0.182. The van der Waals surface area contributed by atoms with Crippen LogP contribution in [0.3, 0.4) is 0 Å². The summed E-state index contributed by atoms with van der Waals surface area (Å²) in [6, 6.07) is 0.213. The summed E-state index contributed by atoms with van der Waals surface area (Å²) in [7, 11) is 4.09. The summed E-state index contributed by atoms with van der Waals surface area (Å²) >= 11 is 0. The van der Waals surface area contributed by atoms with Gasteiger partial charge in [0.05, 0.1) is 18.6 Å². The molecule has 1 amide bonds. The number of carbonyl (C=O) groups excluding carboxylic acids is 1. The Hall–Kier alpha value is -0.650. The molecular formula is C15H29N3O2. The fraction of sp³-hybridized carbons (Fsp3) is 0.933. The zero-order valence-electron chi connectivity index (χ0n) is 13.1. The van der Waals surface area contributed by atoms with Crippen molar-refractivity contribution in [3.8, 4) is 0 Å². The van der Waals surface area contributed by atoms with Crippen molar-refractivity contribution in [2.45, 2.75) is 44.7 Å². The highest BCUT2D eigenvalue weighted by Crippen LogP contribution is 2.33. The van der Waals surface area contributed by atoms with Crippen LogP contribution >= 0.6 is 0 Å². The number of hydrogen-bond donors (Lipinski definition) is 1. The zero-order valence-corrected chi connectivity index (χ0v) is 13.1. The Morgan fingerprint density at radius 1 is 1.30 bits per heavy atom. The fourth-order valence-electron chi connectivity index (χ4n) is 3.21. The molecule has 1 saturated heterocycles. The van der Waals surface area contributed by atoms with Crippen LogP contribution in [0.15, 0.2) is 0 Å². The molecule has 1 saturated carbocycles. The predicted molar refractivity (Wildman–Crippen MR) is 79.4 cm³/mol. The fourth-order valence-corrected chi connectivity index (χ4v) is 3.21. The summed E-state index contributed by atoms with van der Waals surface area (Å²) in [6.45, 7) is 4.60. The van der Waals surface area contributed by atoms with Crippen molar-refractivity contribution in [3.63, 3.8) is 0 Å². The molecule has 20 heavy (non-hydrogen) atoms. The van der Waals surface area contributed by atoms with Gasteiger partial charge in [-0.25, -0.2) is 0 Å². The van der Waals surface area contributed by atoms with Crippen molar-refractivity contribution < 1.29 is 9.53 Å². The lowest BCUT2D eigenvalue weighted by atomic mass is 9.83. The molecule has 2 rings (SSSR count). The molecule has 5 nitrogen and oxygen atoms in total. The Bertz CT molecular complexity index is 342. The molecule has 1 aliphatic heterocycles. The number of nitrogens with two attached hydrogens (primary N) is 1. The van der Waals surface area contributed by atoms with E-state index in [0.29, 0.717) is 19.3 Å². The average Bonchev–Trinajstić information content (AvgIpc) is 3.01. The van der Waals surface area contributed by atoms with Crippen LogP contribution in [0, 0.1) is 5.41 Å². The molecule has 2 atom stereocenters. The summed E-state index contributed by atoms with van der Waals surface area (Å²) in [5.41, 5.74) is 5.58. The molecule has 0 spiro atoms. The number of nitrogens with zero attached hydrogens (tertiary/aromatic N) is 2. The molecule has 1 heterocycles. The van der Waals surface area contributed by atoms with Gasteiger partial charge in [-0.2, -0.15) is 0 Å². The Morgan fingerprint density at radius 2 is 1.95 bits per heavy atom. The number of ether oxygens (including phenoxy) is 1. The maximum atomic E-state index is 13.0. The molecule has 0 aromatic heterocycles. The van der Waals surface area contributed by atoms with E-state index in [1.165, 1.54) is 12.8 Å². The lowest BCUT2D eigenvalue weighted by Crippen LogP contribution is -2.55. The Morgan fingerprint density at radius 3 is 2.45 bits per heavy atom. The normalized spacial score (nSPS) is 31.1. The van der Waals surface area contributed by atoms with Crippen molar-refractivity contribution in [2.24, 2.45) is 11.1 Å². The Labute approximate surface area is 122 Å². The second-order valence-electron chi connectivity index (χ2n) is 6.78. The van der Waals surface area contributed by atoms with Crippen molar-refractivity contribution in [3.05, 3.63) is 0 Å². The van der Waals surface area contributed by atoms with Gasteiger partial charge in [0, 0.05) is 25.2 Å². The quantitative estimate of drug-likeness (QED) is 0.806. The van der Waals surface area contributed by atoms with E-state index >= 15 is 0 Å². The number of likely N-dealkylation sites (N-methyl/N-ethyl adjacent to an activating group) is 1. The van der Waals surface area contributed by atoms with Gasteiger partial charge in [-0.15, -0.1) is 0 Å². The Balaban J connectivity index is 2.10. The van der Waals surface area contributed by atoms with Crippen LogP contribution < -0.4 is 5.73 Å². The SMILES string of the molecule is CN(C)CCN(C(=O)C1(C)COCC1N)C1CCCC1. The van der Waals surface area contributed by atoms with Crippen molar-refractivity contribution in [1.82, 2.24) is 9.80 Å². The van der Waals surface area contributed by atoms with Crippen LogP contribution in [0.4, 0.5) is 0 Å². The standard InChI is InChI=1S/C15H29N3O2/c1-15(11-20-10-13(15)16)14(19)18(9-8-17(2)3)12-6-4-5-7-12/h12-13H,4-11,16H2,1-3H3. The van der Waals surface area contributed by atoms with Gasteiger partial charge in [-0.05, 0) is 33.9 Å².